The number of ether oxygens (including phenoxy) is 1. The molecular formula is C20H27N8O9P. The van der Waals surface area contributed by atoms with Gasteiger partial charge in [0.2, 0.25) is 0 Å². The largest absolute Gasteiger partial charge is 0.508 e. The number of nitrogens with one attached hydrogen (secondary N) is 1. The van der Waals surface area contributed by atoms with Gasteiger partial charge in [-0.1, -0.05) is 17.2 Å². The van der Waals surface area contributed by atoms with Crippen LogP contribution in [-0.2, 0) is 20.5 Å². The molecule has 38 heavy (non-hydrogen) atoms. The number of benzene rings is 1. The minimum absolute atomic E-state index is 0.0110. The molecule has 1 unspecified atom stereocenters. The number of nitrogens with zero attached hydrogens (tertiary/aromatic N) is 6. The van der Waals surface area contributed by atoms with Crippen molar-refractivity contribution in [1.29, 1.82) is 0 Å². The van der Waals surface area contributed by atoms with Crippen LogP contribution in [0.5, 0.6) is 5.75 Å². The number of aryl methyl sites for hydroxylation is 1. The molecule has 1 aliphatic heterocycles. The first-order chi connectivity index (χ1) is 17.7. The van der Waals surface area contributed by atoms with E-state index < -0.39 is 55.5 Å². The van der Waals surface area contributed by atoms with E-state index in [1.165, 1.54) is 37.4 Å². The molecule has 0 spiro atoms. The maximum atomic E-state index is 13.0. The number of rotatable bonds is 9. The summed E-state index contributed by atoms with van der Waals surface area (Å²) < 4.78 is 19.0. The summed E-state index contributed by atoms with van der Waals surface area (Å²) in [7, 11) is -4.41. The summed E-state index contributed by atoms with van der Waals surface area (Å²) in [4.78, 5) is 61.7. The standard InChI is InChI=1S/C20H27N8O9P/c1-10-9-27(20(33)23-17(10)30)15-8-14(24-25-22)16(37-15)19(32)26(2)28(38(34,35)36)18(31)13(21)7-11-3-5-12(29)6-4-11/h3-6,9,13-16,19,29,32H,7-8,21H2,1-2H3,(H,23,30,33)(H2,34,35,36)/t13-,14-,15+,16-,19?/m0/s1. The number of aromatic amines is 1. The normalized spacial score (nSPS) is 21.1. The number of carbonyl (C=O) groups excluding carboxylic acids is 1. The molecular weight excluding hydrogens is 527 g/mol. The van der Waals surface area contributed by atoms with Gasteiger partial charge in [0, 0.05) is 30.1 Å². The molecule has 1 aromatic heterocycles. The Labute approximate surface area is 214 Å². The quantitative estimate of drug-likeness (QED) is 0.0556. The highest BCUT2D eigenvalue weighted by Crippen LogP contribution is 2.43. The smallest absolute Gasteiger partial charge is 0.447 e. The number of phenolic OH excluding ortho intramolecular Hbond substituents is 1. The van der Waals surface area contributed by atoms with Crippen molar-refractivity contribution < 1.29 is 34.1 Å². The van der Waals surface area contributed by atoms with Crippen LogP contribution >= 0.6 is 7.75 Å². The topological polar surface area (TPSA) is 260 Å². The summed E-state index contributed by atoms with van der Waals surface area (Å²) in [5.74, 6) is -1.27. The molecule has 2 aromatic rings. The van der Waals surface area contributed by atoms with E-state index in [9.17, 15) is 38.9 Å². The predicted octanol–water partition coefficient (Wildman–Crippen LogP) is -0.826. The van der Waals surface area contributed by atoms with Crippen LogP contribution in [0, 0.1) is 6.92 Å². The summed E-state index contributed by atoms with van der Waals surface area (Å²) in [6, 6.07) is 3.04. The molecule has 0 radical (unpaired) electrons. The molecule has 0 bridgehead atoms. The highest BCUT2D eigenvalue weighted by atomic mass is 31.2. The summed E-state index contributed by atoms with van der Waals surface area (Å²) >= 11 is 0. The van der Waals surface area contributed by atoms with Gasteiger partial charge in [0.15, 0.2) is 6.23 Å². The summed E-state index contributed by atoms with van der Waals surface area (Å²) in [5.41, 5.74) is 14.1. The Bertz CT molecular complexity index is 1380. The van der Waals surface area contributed by atoms with Gasteiger partial charge in [-0.25, -0.2) is 9.36 Å². The Hall–Kier alpha value is -3.53. The lowest BCUT2D eigenvalue weighted by Crippen LogP contribution is -2.57. The van der Waals surface area contributed by atoms with Crippen LogP contribution in [-0.4, -0.2) is 76.7 Å². The molecule has 1 aromatic carbocycles. The number of azide groups is 1. The van der Waals surface area contributed by atoms with Crippen molar-refractivity contribution in [2.45, 2.75) is 50.4 Å². The molecule has 1 aliphatic rings. The molecule has 18 heteroatoms. The number of hydrogen-bond donors (Lipinski definition) is 6. The van der Waals surface area contributed by atoms with Gasteiger partial charge >= 0.3 is 13.4 Å². The first-order valence-corrected chi connectivity index (χ1v) is 12.7. The first kappa shape index (κ1) is 29.0. The monoisotopic (exact) mass is 554 g/mol. The second kappa shape index (κ2) is 11.5. The van der Waals surface area contributed by atoms with Crippen LogP contribution in [0.3, 0.4) is 0 Å². The number of aliphatic hydroxyl groups is 1. The van der Waals surface area contributed by atoms with E-state index in [0.717, 1.165) is 11.6 Å². The van der Waals surface area contributed by atoms with E-state index in [0.29, 0.717) is 10.6 Å². The van der Waals surface area contributed by atoms with Crippen molar-refractivity contribution in [1.82, 2.24) is 19.3 Å². The van der Waals surface area contributed by atoms with E-state index >= 15 is 0 Å². The zero-order valence-electron chi connectivity index (χ0n) is 20.2. The lowest BCUT2D eigenvalue weighted by molar-refractivity contribution is -0.177. The Morgan fingerprint density at radius 3 is 2.58 bits per heavy atom. The zero-order valence-corrected chi connectivity index (χ0v) is 21.1. The number of nitrogens with two attached hydrogens (primary N) is 1. The second-order valence-corrected chi connectivity index (χ2v) is 10.1. The summed E-state index contributed by atoms with van der Waals surface area (Å²) in [5, 5.41) is 24.5. The maximum Gasteiger partial charge on any atom is 0.447 e. The fourth-order valence-corrected chi connectivity index (χ4v) is 4.89. The molecule has 1 amide bonds. The number of likely N-dealkylation sites (N-methyl/N-ethyl adjacent to an activating group) is 1. The predicted molar refractivity (Wildman–Crippen MR) is 130 cm³/mol. The van der Waals surface area contributed by atoms with Gasteiger partial charge in [0.25, 0.3) is 11.5 Å². The van der Waals surface area contributed by atoms with E-state index in [1.807, 2.05) is 0 Å². The van der Waals surface area contributed by atoms with Crippen molar-refractivity contribution in [3.63, 3.8) is 0 Å². The number of aromatic nitrogens is 2. The van der Waals surface area contributed by atoms with Gasteiger partial charge in [0.05, 0.1) is 12.1 Å². The van der Waals surface area contributed by atoms with Crippen molar-refractivity contribution in [3.05, 3.63) is 72.9 Å². The molecule has 2 heterocycles. The van der Waals surface area contributed by atoms with E-state index in [1.54, 1.807) is 0 Å². The average Bonchev–Trinajstić information content (AvgIpc) is 3.25. The number of aromatic hydroxyl groups is 1. The third-order valence-corrected chi connectivity index (χ3v) is 6.89. The number of hydrogen-bond acceptors (Lipinski definition) is 10. The molecule has 0 aliphatic carbocycles. The first-order valence-electron chi connectivity index (χ1n) is 11.1. The molecule has 17 nitrogen and oxygen atoms in total. The molecule has 206 valence electrons. The number of hydrazine groups is 1. The second-order valence-electron chi connectivity index (χ2n) is 8.65. The third kappa shape index (κ3) is 6.30. The van der Waals surface area contributed by atoms with Gasteiger partial charge < -0.3 is 30.5 Å². The van der Waals surface area contributed by atoms with Gasteiger partial charge in [-0.15, -0.1) is 0 Å². The lowest BCUT2D eigenvalue weighted by atomic mass is 10.1. The van der Waals surface area contributed by atoms with Gasteiger partial charge in [0.1, 0.15) is 18.1 Å². The van der Waals surface area contributed by atoms with Crippen molar-refractivity contribution in [2.75, 3.05) is 7.05 Å². The number of carbonyl (C=O) groups is 1. The van der Waals surface area contributed by atoms with Crippen molar-refractivity contribution in [2.24, 2.45) is 10.8 Å². The van der Waals surface area contributed by atoms with Crippen LogP contribution in [0.2, 0.25) is 0 Å². The van der Waals surface area contributed by atoms with Crippen LogP contribution in [0.1, 0.15) is 23.8 Å². The molecule has 1 fully saturated rings. The Morgan fingerprint density at radius 1 is 1.37 bits per heavy atom. The van der Waals surface area contributed by atoms with E-state index in [2.05, 4.69) is 15.0 Å². The minimum atomic E-state index is -5.40. The fourth-order valence-electron chi connectivity index (χ4n) is 4.01. The number of H-pyrrole nitrogens is 1. The highest BCUT2D eigenvalue weighted by Gasteiger charge is 2.47. The summed E-state index contributed by atoms with van der Waals surface area (Å²) in [6.45, 7) is 1.44. The Balaban J connectivity index is 1.87. The fraction of sp³-hybridized carbons (Fsp3) is 0.450. The SMILES string of the molecule is Cc1cn([C@H]2C[C@H](N=[N+]=[N-])[C@@H](C(O)N(C)N(C(=O)[C@@H](N)Cc3ccc(O)cc3)P(=O)(O)O)O2)c(=O)[nH]c1=O. The molecule has 1 saturated heterocycles. The van der Waals surface area contributed by atoms with Gasteiger partial charge in [-0.05, 0) is 36.6 Å². The average molecular weight is 554 g/mol. The third-order valence-electron chi connectivity index (χ3n) is 5.92. The molecule has 0 saturated carbocycles. The van der Waals surface area contributed by atoms with Gasteiger partial charge in [-0.2, -0.15) is 9.79 Å². The summed E-state index contributed by atoms with van der Waals surface area (Å²) in [6.07, 6.45) is -3.64. The minimum Gasteiger partial charge on any atom is -0.508 e. The van der Waals surface area contributed by atoms with E-state index in [-0.39, 0.29) is 28.9 Å². The van der Waals surface area contributed by atoms with Crippen LogP contribution in [0.25, 0.3) is 10.4 Å². The molecule has 7 N–H and O–H groups in total. The number of phenols is 1. The number of amides is 1. The van der Waals surface area contributed by atoms with E-state index in [4.69, 9.17) is 16.0 Å². The highest BCUT2D eigenvalue weighted by molar-refractivity contribution is 7.49. The molecule has 3 rings (SSSR count). The van der Waals surface area contributed by atoms with Crippen LogP contribution in [0.15, 0.2) is 45.2 Å². The van der Waals surface area contributed by atoms with Crippen molar-refractivity contribution >= 4 is 13.7 Å². The van der Waals surface area contributed by atoms with Gasteiger partial charge in [-0.3, -0.25) is 19.1 Å². The lowest BCUT2D eigenvalue weighted by Gasteiger charge is -2.38. The Kier molecular flexibility index (Phi) is 8.76. The zero-order chi connectivity index (χ0) is 28.4. The maximum absolute atomic E-state index is 13.0. The Morgan fingerprint density at radius 2 is 2.00 bits per heavy atom. The van der Waals surface area contributed by atoms with Crippen molar-refractivity contribution in [3.8, 4) is 5.75 Å². The molecule has 5 atom stereocenters. The number of aliphatic hydroxyl groups excluding tert-OH is 1. The van der Waals surface area contributed by atoms with Crippen LogP contribution in [0.4, 0.5) is 0 Å². The van der Waals surface area contributed by atoms with Crippen LogP contribution < -0.4 is 17.0 Å².